The first-order chi connectivity index (χ1) is 6.61. The minimum atomic E-state index is -1.10. The predicted molar refractivity (Wildman–Crippen MR) is 47.0 cm³/mol. The summed E-state index contributed by atoms with van der Waals surface area (Å²) in [7, 11) is 0. The molecular formula is C9H13NO4. The zero-order chi connectivity index (χ0) is 10.3. The van der Waals surface area contributed by atoms with Crippen molar-refractivity contribution < 1.29 is 19.7 Å². The number of hydrogen-bond donors (Lipinski definition) is 2. The van der Waals surface area contributed by atoms with Crippen molar-refractivity contribution in [3.05, 3.63) is 11.6 Å². The van der Waals surface area contributed by atoms with E-state index in [1.807, 2.05) is 13.0 Å². The number of carbonyl (C=O) groups excluding carboxylic acids is 1. The van der Waals surface area contributed by atoms with Gasteiger partial charge in [0, 0.05) is 6.42 Å². The van der Waals surface area contributed by atoms with Crippen molar-refractivity contribution >= 4 is 5.91 Å². The summed E-state index contributed by atoms with van der Waals surface area (Å²) in [6, 6.07) is 0. The van der Waals surface area contributed by atoms with Crippen LogP contribution in [0, 0.1) is 0 Å². The van der Waals surface area contributed by atoms with Crippen LogP contribution in [0.15, 0.2) is 11.6 Å². The van der Waals surface area contributed by atoms with E-state index in [-0.39, 0.29) is 6.42 Å². The van der Waals surface area contributed by atoms with Crippen molar-refractivity contribution in [2.75, 3.05) is 6.61 Å². The fraction of sp³-hybridized carbons (Fsp3) is 0.667. The van der Waals surface area contributed by atoms with Crippen molar-refractivity contribution in [2.24, 2.45) is 0 Å². The summed E-state index contributed by atoms with van der Waals surface area (Å²) in [5.41, 5.74) is 0.895. The van der Waals surface area contributed by atoms with Gasteiger partial charge in [0.1, 0.15) is 12.3 Å². The average molecular weight is 199 g/mol. The smallest absolute Gasteiger partial charge is 0.255 e. The van der Waals surface area contributed by atoms with Gasteiger partial charge in [-0.15, -0.1) is 0 Å². The Bertz CT molecular complexity index is 289. The Morgan fingerprint density at radius 3 is 2.71 bits per heavy atom. The molecule has 14 heavy (non-hydrogen) atoms. The van der Waals surface area contributed by atoms with Crippen LogP contribution in [0.5, 0.6) is 0 Å². The molecule has 0 aromatic rings. The van der Waals surface area contributed by atoms with Gasteiger partial charge in [-0.1, -0.05) is 6.08 Å². The summed E-state index contributed by atoms with van der Waals surface area (Å²) in [6.07, 6.45) is -0.623. The van der Waals surface area contributed by atoms with E-state index in [2.05, 4.69) is 0 Å². The zero-order valence-corrected chi connectivity index (χ0v) is 7.88. The molecule has 78 valence electrons. The molecule has 2 rings (SSSR count). The summed E-state index contributed by atoms with van der Waals surface area (Å²) in [4.78, 5) is 12.7. The van der Waals surface area contributed by atoms with Crippen LogP contribution in [-0.4, -0.2) is 46.2 Å². The molecule has 0 aliphatic carbocycles. The van der Waals surface area contributed by atoms with Gasteiger partial charge in [0.15, 0.2) is 6.23 Å². The minimum Gasteiger partial charge on any atom is -0.383 e. The molecule has 3 unspecified atom stereocenters. The van der Waals surface area contributed by atoms with E-state index in [1.54, 1.807) is 0 Å². The third-order valence-corrected chi connectivity index (χ3v) is 2.60. The van der Waals surface area contributed by atoms with Gasteiger partial charge in [0.05, 0.1) is 6.61 Å². The summed E-state index contributed by atoms with van der Waals surface area (Å²) < 4.78 is 5.28. The Kier molecular flexibility index (Phi) is 2.30. The number of rotatable bonds is 1. The van der Waals surface area contributed by atoms with Gasteiger partial charge in [0.2, 0.25) is 0 Å². The van der Waals surface area contributed by atoms with E-state index in [4.69, 9.17) is 4.74 Å². The second kappa shape index (κ2) is 3.34. The van der Waals surface area contributed by atoms with E-state index < -0.39 is 24.5 Å². The van der Waals surface area contributed by atoms with Crippen LogP contribution in [0.1, 0.15) is 13.3 Å². The third-order valence-electron chi connectivity index (χ3n) is 2.60. The van der Waals surface area contributed by atoms with Gasteiger partial charge in [0.25, 0.3) is 5.91 Å². The molecule has 2 aliphatic heterocycles. The van der Waals surface area contributed by atoms with Crippen molar-refractivity contribution in [2.45, 2.75) is 31.9 Å². The number of carbonyl (C=O) groups is 1. The summed E-state index contributed by atoms with van der Waals surface area (Å²) >= 11 is 0. The number of nitrogens with zero attached hydrogens (tertiary/aromatic N) is 1. The van der Waals surface area contributed by atoms with E-state index in [9.17, 15) is 15.0 Å². The molecule has 2 N–H and O–H groups in total. The highest BCUT2D eigenvalue weighted by atomic mass is 16.5. The second-order valence-corrected chi connectivity index (χ2v) is 3.61. The molecule has 0 saturated carbocycles. The largest absolute Gasteiger partial charge is 0.383 e. The minimum absolute atomic E-state index is 0.0615. The van der Waals surface area contributed by atoms with Crippen LogP contribution >= 0.6 is 0 Å². The number of amides is 1. The standard InChI is InChI=1S/C9H13NO4/c1-5-2-3-14-9(5)10-7(12)4-6(11)8(10)13/h2,6-7,9,11-12H,3-4H2,1H3. The van der Waals surface area contributed by atoms with Crippen molar-refractivity contribution in [3.63, 3.8) is 0 Å². The zero-order valence-electron chi connectivity index (χ0n) is 7.88. The highest BCUT2D eigenvalue weighted by Gasteiger charge is 2.43. The maximum atomic E-state index is 11.5. The van der Waals surface area contributed by atoms with Crippen molar-refractivity contribution in [3.8, 4) is 0 Å². The van der Waals surface area contributed by atoms with Gasteiger partial charge in [-0.2, -0.15) is 0 Å². The molecule has 5 heteroatoms. The molecule has 0 radical (unpaired) electrons. The molecule has 0 aromatic heterocycles. The van der Waals surface area contributed by atoms with Crippen LogP contribution in [-0.2, 0) is 9.53 Å². The van der Waals surface area contributed by atoms with Gasteiger partial charge >= 0.3 is 0 Å². The van der Waals surface area contributed by atoms with Crippen molar-refractivity contribution in [1.82, 2.24) is 4.90 Å². The monoisotopic (exact) mass is 199 g/mol. The first-order valence-corrected chi connectivity index (χ1v) is 4.58. The Morgan fingerprint density at radius 2 is 2.29 bits per heavy atom. The fourth-order valence-corrected chi connectivity index (χ4v) is 1.81. The second-order valence-electron chi connectivity index (χ2n) is 3.61. The molecule has 5 nitrogen and oxygen atoms in total. The lowest BCUT2D eigenvalue weighted by molar-refractivity contribution is -0.151. The van der Waals surface area contributed by atoms with E-state index in [0.717, 1.165) is 5.57 Å². The molecule has 1 saturated heterocycles. The first-order valence-electron chi connectivity index (χ1n) is 4.58. The fourth-order valence-electron chi connectivity index (χ4n) is 1.81. The lowest BCUT2D eigenvalue weighted by Crippen LogP contribution is -2.43. The normalized spacial score (nSPS) is 37.9. The number of hydrogen-bond acceptors (Lipinski definition) is 4. The van der Waals surface area contributed by atoms with E-state index >= 15 is 0 Å². The van der Waals surface area contributed by atoms with Crippen molar-refractivity contribution in [1.29, 1.82) is 0 Å². The Balaban J connectivity index is 2.18. The number of aliphatic hydroxyl groups excluding tert-OH is 2. The van der Waals surface area contributed by atoms with Gasteiger partial charge in [-0.25, -0.2) is 0 Å². The van der Waals surface area contributed by atoms with Crippen LogP contribution in [0.25, 0.3) is 0 Å². The average Bonchev–Trinajstić information content (AvgIpc) is 2.60. The number of ether oxygens (including phenoxy) is 1. The SMILES string of the molecule is CC1=CCOC1N1C(=O)C(O)CC1O. The lowest BCUT2D eigenvalue weighted by Gasteiger charge is -2.27. The maximum absolute atomic E-state index is 11.5. The molecule has 0 aromatic carbocycles. The summed E-state index contributed by atoms with van der Waals surface area (Å²) in [6.45, 7) is 2.28. The summed E-state index contributed by atoms with van der Waals surface area (Å²) in [5.74, 6) is -0.461. The highest BCUT2D eigenvalue weighted by molar-refractivity contribution is 5.83. The molecule has 1 amide bonds. The van der Waals surface area contributed by atoms with Crippen LogP contribution in [0.3, 0.4) is 0 Å². The van der Waals surface area contributed by atoms with Crippen LogP contribution < -0.4 is 0 Å². The van der Waals surface area contributed by atoms with Crippen LogP contribution in [0.2, 0.25) is 0 Å². The maximum Gasteiger partial charge on any atom is 0.255 e. The molecule has 1 fully saturated rings. The molecule has 0 spiro atoms. The lowest BCUT2D eigenvalue weighted by atomic mass is 10.2. The molecular weight excluding hydrogens is 186 g/mol. The quantitative estimate of drug-likeness (QED) is 0.542. The van der Waals surface area contributed by atoms with Gasteiger partial charge in [-0.05, 0) is 12.5 Å². The van der Waals surface area contributed by atoms with Crippen LogP contribution in [0.4, 0.5) is 0 Å². The van der Waals surface area contributed by atoms with E-state index in [0.29, 0.717) is 6.61 Å². The van der Waals surface area contributed by atoms with Gasteiger partial charge < -0.3 is 14.9 Å². The number of likely N-dealkylation sites (tertiary alicyclic amines) is 1. The highest BCUT2D eigenvalue weighted by Crippen LogP contribution is 2.26. The molecule has 3 atom stereocenters. The van der Waals surface area contributed by atoms with E-state index in [1.165, 1.54) is 4.90 Å². The van der Waals surface area contributed by atoms with Gasteiger partial charge in [-0.3, -0.25) is 9.69 Å². The molecule has 0 bridgehead atoms. The third kappa shape index (κ3) is 1.33. The Labute approximate surface area is 81.6 Å². The molecule has 2 heterocycles. The topological polar surface area (TPSA) is 70.0 Å². The summed E-state index contributed by atoms with van der Waals surface area (Å²) in [5, 5.41) is 18.8. The first kappa shape index (κ1) is 9.64. The molecule has 2 aliphatic rings. The Morgan fingerprint density at radius 1 is 1.57 bits per heavy atom. The Hall–Kier alpha value is -0.910. The predicted octanol–water partition coefficient (Wildman–Crippen LogP) is -0.799. The number of aliphatic hydroxyl groups is 2.